The van der Waals surface area contributed by atoms with E-state index in [0.29, 0.717) is 11.1 Å². The van der Waals surface area contributed by atoms with Crippen molar-refractivity contribution in [1.29, 1.82) is 0 Å². The van der Waals surface area contributed by atoms with Gasteiger partial charge in [-0.15, -0.1) is 0 Å². The largest absolute Gasteiger partial charge is 0.383 e. The summed E-state index contributed by atoms with van der Waals surface area (Å²) in [6, 6.07) is 2.26. The van der Waals surface area contributed by atoms with Crippen molar-refractivity contribution in [1.82, 2.24) is 5.32 Å². The number of anilines is 1. The molecule has 1 aromatic carbocycles. The van der Waals surface area contributed by atoms with Crippen molar-refractivity contribution in [2.24, 2.45) is 0 Å². The first-order valence-corrected chi connectivity index (χ1v) is 6.35. The molecule has 0 saturated carbocycles. The molecular formula is C11H13BrF2N2OS. The van der Waals surface area contributed by atoms with E-state index in [1.807, 2.05) is 6.92 Å². The quantitative estimate of drug-likeness (QED) is 0.827. The Labute approximate surface area is 118 Å². The summed E-state index contributed by atoms with van der Waals surface area (Å²) in [5.41, 5.74) is -0.277. The third kappa shape index (κ3) is 4.47. The van der Waals surface area contributed by atoms with Gasteiger partial charge in [-0.25, -0.2) is 8.78 Å². The highest BCUT2D eigenvalue weighted by atomic mass is 79.9. The molecule has 2 N–H and O–H groups in total. The van der Waals surface area contributed by atoms with E-state index < -0.39 is 11.6 Å². The van der Waals surface area contributed by atoms with Crippen LogP contribution in [0.5, 0.6) is 0 Å². The van der Waals surface area contributed by atoms with Gasteiger partial charge in [0, 0.05) is 17.6 Å². The van der Waals surface area contributed by atoms with Gasteiger partial charge >= 0.3 is 0 Å². The molecule has 0 aliphatic rings. The predicted molar refractivity (Wildman–Crippen MR) is 74.8 cm³/mol. The van der Waals surface area contributed by atoms with Crippen molar-refractivity contribution in [3.8, 4) is 0 Å². The molecule has 3 nitrogen and oxygen atoms in total. The van der Waals surface area contributed by atoms with E-state index in [9.17, 15) is 8.78 Å². The summed E-state index contributed by atoms with van der Waals surface area (Å²) in [5, 5.41) is 5.48. The van der Waals surface area contributed by atoms with Gasteiger partial charge in [0.05, 0.1) is 6.61 Å². The van der Waals surface area contributed by atoms with Gasteiger partial charge in [-0.05, 0) is 31.3 Å². The normalized spacial score (nSPS) is 12.1. The van der Waals surface area contributed by atoms with E-state index in [4.69, 9.17) is 17.0 Å². The number of halogens is 3. The smallest absolute Gasteiger partial charge is 0.171 e. The lowest BCUT2D eigenvalue weighted by Crippen LogP contribution is -2.38. The first-order chi connectivity index (χ1) is 8.43. The Balaban J connectivity index is 2.70. The van der Waals surface area contributed by atoms with Gasteiger partial charge in [0.1, 0.15) is 5.69 Å². The van der Waals surface area contributed by atoms with E-state index >= 15 is 0 Å². The number of rotatable bonds is 4. The minimum atomic E-state index is -0.717. The van der Waals surface area contributed by atoms with Crippen LogP contribution < -0.4 is 10.6 Å². The molecule has 0 amide bonds. The summed E-state index contributed by atoms with van der Waals surface area (Å²) in [5.74, 6) is -1.43. The maximum absolute atomic E-state index is 13.5. The number of benzene rings is 1. The highest BCUT2D eigenvalue weighted by Gasteiger charge is 2.12. The summed E-state index contributed by atoms with van der Waals surface area (Å²) >= 11 is 7.96. The summed E-state index contributed by atoms with van der Waals surface area (Å²) in [6.45, 7) is 2.28. The molecule has 7 heteroatoms. The summed E-state index contributed by atoms with van der Waals surface area (Å²) in [4.78, 5) is 0. The van der Waals surface area contributed by atoms with Crippen LogP contribution in [0.25, 0.3) is 0 Å². The number of methoxy groups -OCH3 is 1. The highest BCUT2D eigenvalue weighted by Crippen LogP contribution is 2.23. The van der Waals surface area contributed by atoms with Gasteiger partial charge in [0.2, 0.25) is 0 Å². The SMILES string of the molecule is COCC(C)NC(=S)Nc1c(F)cc(Br)cc1F. The molecule has 18 heavy (non-hydrogen) atoms. The fourth-order valence-electron chi connectivity index (χ4n) is 1.33. The standard InChI is InChI=1S/C11H13BrF2N2OS/c1-6(5-17-2)15-11(18)16-10-8(13)3-7(12)4-9(10)14/h3-4,6H,5H2,1-2H3,(H2,15,16,18). The third-order valence-electron chi connectivity index (χ3n) is 2.04. The van der Waals surface area contributed by atoms with Gasteiger partial charge in [0.25, 0.3) is 0 Å². The number of nitrogens with one attached hydrogen (secondary N) is 2. The van der Waals surface area contributed by atoms with Crippen molar-refractivity contribution in [3.63, 3.8) is 0 Å². The second-order valence-electron chi connectivity index (χ2n) is 3.70. The molecule has 1 rings (SSSR count). The zero-order valence-electron chi connectivity index (χ0n) is 9.89. The predicted octanol–water partition coefficient (Wildman–Crippen LogP) is 3.05. The number of ether oxygens (including phenoxy) is 1. The van der Waals surface area contributed by atoms with Gasteiger partial charge in [-0.3, -0.25) is 0 Å². The molecule has 0 aliphatic heterocycles. The summed E-state index contributed by atoms with van der Waals surface area (Å²) in [6.07, 6.45) is 0. The van der Waals surface area contributed by atoms with Gasteiger partial charge in [-0.1, -0.05) is 15.9 Å². The molecule has 0 bridgehead atoms. The lowest BCUT2D eigenvalue weighted by atomic mass is 10.3. The maximum Gasteiger partial charge on any atom is 0.171 e. The van der Waals surface area contributed by atoms with E-state index in [-0.39, 0.29) is 16.8 Å². The molecular weight excluding hydrogens is 326 g/mol. The molecule has 100 valence electrons. The number of thiocarbonyl (C=S) groups is 1. The second kappa shape index (κ2) is 6.96. The Bertz CT molecular complexity index is 422. The van der Waals surface area contributed by atoms with Crippen molar-refractivity contribution in [2.45, 2.75) is 13.0 Å². The average molecular weight is 339 g/mol. The highest BCUT2D eigenvalue weighted by molar-refractivity contribution is 9.10. The van der Waals surface area contributed by atoms with Crippen molar-refractivity contribution in [3.05, 3.63) is 28.2 Å². The Morgan fingerprint density at radius 2 is 2.00 bits per heavy atom. The maximum atomic E-state index is 13.5. The van der Waals surface area contributed by atoms with Crippen LogP contribution in [0.15, 0.2) is 16.6 Å². The fraction of sp³-hybridized carbons (Fsp3) is 0.364. The first-order valence-electron chi connectivity index (χ1n) is 5.15. The Morgan fingerprint density at radius 3 is 2.50 bits per heavy atom. The van der Waals surface area contributed by atoms with Crippen LogP contribution in [0.2, 0.25) is 0 Å². The van der Waals surface area contributed by atoms with Crippen LogP contribution in [0.1, 0.15) is 6.92 Å². The molecule has 0 saturated heterocycles. The van der Waals surface area contributed by atoms with Crippen molar-refractivity contribution < 1.29 is 13.5 Å². The van der Waals surface area contributed by atoms with Crippen molar-refractivity contribution in [2.75, 3.05) is 19.0 Å². The van der Waals surface area contributed by atoms with E-state index in [2.05, 4.69) is 26.6 Å². The molecule has 1 aromatic rings. The lowest BCUT2D eigenvalue weighted by molar-refractivity contribution is 0.179. The lowest BCUT2D eigenvalue weighted by Gasteiger charge is -2.16. The van der Waals surface area contributed by atoms with Gasteiger partial charge in [0.15, 0.2) is 16.7 Å². The Hall–Kier alpha value is -0.790. The fourth-order valence-corrected chi connectivity index (χ4v) is 2.03. The van der Waals surface area contributed by atoms with Crippen LogP contribution >= 0.6 is 28.1 Å². The molecule has 0 fully saturated rings. The zero-order valence-corrected chi connectivity index (χ0v) is 12.3. The van der Waals surface area contributed by atoms with Crippen LogP contribution in [0.3, 0.4) is 0 Å². The summed E-state index contributed by atoms with van der Waals surface area (Å²) < 4.78 is 32.3. The minimum Gasteiger partial charge on any atom is -0.383 e. The molecule has 0 spiro atoms. The number of hydrogen-bond donors (Lipinski definition) is 2. The third-order valence-corrected chi connectivity index (χ3v) is 2.72. The topological polar surface area (TPSA) is 33.3 Å². The monoisotopic (exact) mass is 338 g/mol. The molecule has 0 aromatic heterocycles. The van der Waals surface area contributed by atoms with Crippen LogP contribution in [0.4, 0.5) is 14.5 Å². The van der Waals surface area contributed by atoms with Crippen LogP contribution in [-0.4, -0.2) is 24.9 Å². The van der Waals surface area contributed by atoms with E-state index in [1.165, 1.54) is 0 Å². The average Bonchev–Trinajstić information content (AvgIpc) is 2.23. The molecule has 0 radical (unpaired) electrons. The number of hydrogen-bond acceptors (Lipinski definition) is 2. The van der Waals surface area contributed by atoms with Crippen LogP contribution in [0, 0.1) is 11.6 Å². The molecule has 1 atom stereocenters. The molecule has 0 aliphatic carbocycles. The van der Waals surface area contributed by atoms with E-state index in [0.717, 1.165) is 12.1 Å². The Kier molecular flexibility index (Phi) is 5.90. The summed E-state index contributed by atoms with van der Waals surface area (Å²) in [7, 11) is 1.56. The first kappa shape index (κ1) is 15.3. The van der Waals surface area contributed by atoms with Crippen molar-refractivity contribution >= 4 is 38.9 Å². The minimum absolute atomic E-state index is 0.0587. The van der Waals surface area contributed by atoms with Gasteiger partial charge < -0.3 is 15.4 Å². The van der Waals surface area contributed by atoms with Crippen LogP contribution in [-0.2, 0) is 4.74 Å². The van der Waals surface area contributed by atoms with Gasteiger partial charge in [-0.2, -0.15) is 0 Å². The molecule has 1 unspecified atom stereocenters. The molecule has 0 heterocycles. The second-order valence-corrected chi connectivity index (χ2v) is 5.02. The van der Waals surface area contributed by atoms with E-state index in [1.54, 1.807) is 7.11 Å². The zero-order chi connectivity index (χ0) is 13.7. The Morgan fingerprint density at radius 1 is 1.44 bits per heavy atom.